The lowest BCUT2D eigenvalue weighted by molar-refractivity contribution is -0.159. The predicted molar refractivity (Wildman–Crippen MR) is 179 cm³/mol. The number of alkyl carbamates (subject to hydrolysis) is 1. The lowest BCUT2D eigenvalue weighted by Crippen LogP contribution is -2.61. The molecule has 0 saturated carbocycles. The van der Waals surface area contributed by atoms with E-state index in [2.05, 4.69) is 17.2 Å². The maximum Gasteiger partial charge on any atom is 0.408 e. The first-order valence-electron chi connectivity index (χ1n) is 15.5. The molecule has 0 radical (unpaired) electrons. The van der Waals surface area contributed by atoms with Gasteiger partial charge in [-0.1, -0.05) is 68.1 Å². The molecule has 46 heavy (non-hydrogen) atoms. The third-order valence-corrected chi connectivity index (χ3v) is 7.19. The molecule has 0 fully saturated rings. The molecule has 0 aliphatic heterocycles. The number of carbonyl (C=O) groups is 4. The summed E-state index contributed by atoms with van der Waals surface area (Å²) in [7, 11) is 0. The van der Waals surface area contributed by atoms with Gasteiger partial charge in [-0.2, -0.15) is 0 Å². The molecule has 3 atom stereocenters. The number of amides is 3. The molecular weight excluding hydrogens is 586 g/mol. The molecule has 10 nitrogen and oxygen atoms in total. The summed E-state index contributed by atoms with van der Waals surface area (Å²) in [5, 5.41) is 15.6. The fraction of sp³-hybridized carbons (Fsp3) is 0.500. The molecule has 3 N–H and O–H groups in total. The van der Waals surface area contributed by atoms with E-state index >= 15 is 0 Å². The van der Waals surface area contributed by atoms with Crippen LogP contribution in [0, 0.1) is 0 Å². The number of carbonyl (C=O) groups excluding carboxylic acids is 4. The highest BCUT2D eigenvalue weighted by Gasteiger charge is 2.44. The van der Waals surface area contributed by atoms with E-state index in [0.29, 0.717) is 17.5 Å². The molecule has 2 aromatic rings. The van der Waals surface area contributed by atoms with Crippen LogP contribution in [0.25, 0.3) is 6.08 Å². The zero-order valence-electron chi connectivity index (χ0n) is 28.7. The minimum absolute atomic E-state index is 0.144. The Morgan fingerprint density at radius 1 is 0.870 bits per heavy atom. The van der Waals surface area contributed by atoms with Gasteiger partial charge in [0.05, 0.1) is 6.61 Å². The number of ether oxygens (including phenoxy) is 2. The highest BCUT2D eigenvalue weighted by atomic mass is 16.6. The van der Waals surface area contributed by atoms with Crippen LogP contribution in [0.5, 0.6) is 0 Å². The number of aliphatic hydroxyl groups excluding tert-OH is 1. The predicted octanol–water partition coefficient (Wildman–Crippen LogP) is 5.34. The number of hydrogen-bond acceptors (Lipinski definition) is 7. The summed E-state index contributed by atoms with van der Waals surface area (Å²) >= 11 is 0. The summed E-state index contributed by atoms with van der Waals surface area (Å²) in [5.41, 5.74) is -0.682. The van der Waals surface area contributed by atoms with Gasteiger partial charge in [-0.25, -0.2) is 9.59 Å². The summed E-state index contributed by atoms with van der Waals surface area (Å²) in [4.78, 5) is 56.4. The minimum atomic E-state index is -1.43. The smallest absolute Gasteiger partial charge is 0.408 e. The lowest BCUT2D eigenvalue weighted by atomic mass is 9.91. The van der Waals surface area contributed by atoms with Gasteiger partial charge >= 0.3 is 12.1 Å². The van der Waals surface area contributed by atoms with Gasteiger partial charge in [-0.15, -0.1) is 0 Å². The molecule has 0 aliphatic rings. The van der Waals surface area contributed by atoms with Crippen LogP contribution in [0.2, 0.25) is 0 Å². The molecule has 0 aliphatic carbocycles. The van der Waals surface area contributed by atoms with Crippen LogP contribution in [0.1, 0.15) is 91.5 Å². The van der Waals surface area contributed by atoms with Crippen LogP contribution >= 0.6 is 0 Å². The zero-order valence-corrected chi connectivity index (χ0v) is 28.7. The Labute approximate surface area is 273 Å². The van der Waals surface area contributed by atoms with Crippen LogP contribution in [0.4, 0.5) is 4.79 Å². The first-order valence-corrected chi connectivity index (χ1v) is 15.5. The Hall–Kier alpha value is -4.18. The van der Waals surface area contributed by atoms with Crippen molar-refractivity contribution in [1.29, 1.82) is 0 Å². The second-order valence-electron chi connectivity index (χ2n) is 13.8. The molecule has 0 spiro atoms. The highest BCUT2D eigenvalue weighted by molar-refractivity contribution is 5.94. The summed E-state index contributed by atoms with van der Waals surface area (Å²) < 4.78 is 11.0. The first kappa shape index (κ1) is 38.0. The van der Waals surface area contributed by atoms with E-state index in [0.717, 1.165) is 5.56 Å². The summed E-state index contributed by atoms with van der Waals surface area (Å²) in [6.45, 7) is 18.8. The van der Waals surface area contributed by atoms with Crippen molar-refractivity contribution in [2.24, 2.45) is 0 Å². The normalized spacial score (nSPS) is 13.9. The molecule has 0 bridgehead atoms. The van der Waals surface area contributed by atoms with Crippen molar-refractivity contribution in [3.05, 3.63) is 77.9 Å². The number of rotatable bonds is 13. The molecule has 2 rings (SSSR count). The number of nitrogens with zero attached hydrogens (tertiary/aromatic N) is 1. The molecule has 0 aromatic heterocycles. The van der Waals surface area contributed by atoms with Crippen molar-refractivity contribution in [3.8, 4) is 0 Å². The Morgan fingerprint density at radius 3 is 2.00 bits per heavy atom. The molecule has 2 aromatic carbocycles. The molecular formula is C36H51N3O7. The Morgan fingerprint density at radius 2 is 1.48 bits per heavy atom. The van der Waals surface area contributed by atoms with Gasteiger partial charge in [0, 0.05) is 12.0 Å². The van der Waals surface area contributed by atoms with Crippen molar-refractivity contribution < 1.29 is 33.8 Å². The van der Waals surface area contributed by atoms with Crippen molar-refractivity contribution in [3.63, 3.8) is 0 Å². The van der Waals surface area contributed by atoms with E-state index in [1.54, 1.807) is 79.7 Å². The molecule has 0 saturated heterocycles. The van der Waals surface area contributed by atoms with Crippen molar-refractivity contribution in [2.75, 3.05) is 6.61 Å². The maximum atomic E-state index is 14.5. The number of benzene rings is 2. The Bertz CT molecular complexity index is 1360. The highest BCUT2D eigenvalue weighted by Crippen LogP contribution is 2.33. The van der Waals surface area contributed by atoms with Crippen LogP contribution in [-0.4, -0.2) is 69.3 Å². The summed E-state index contributed by atoms with van der Waals surface area (Å²) in [6.07, 6.45) is 1.28. The monoisotopic (exact) mass is 637 g/mol. The zero-order chi connectivity index (χ0) is 34.9. The maximum absolute atomic E-state index is 14.5. The SMILES string of the molecule is C=Cc1cccc(C(C(=O)NC(Cc2ccccc2)C(=O)OC(C)(C)C)N(C(=O)C(CO)NC(=O)OC(C)(C)C)C(C)(C)CC)c1. The second-order valence-corrected chi connectivity index (χ2v) is 13.8. The summed E-state index contributed by atoms with van der Waals surface area (Å²) in [5.74, 6) is -1.98. The topological polar surface area (TPSA) is 134 Å². The van der Waals surface area contributed by atoms with E-state index in [1.807, 2.05) is 43.3 Å². The van der Waals surface area contributed by atoms with Crippen molar-refractivity contribution in [2.45, 2.75) is 110 Å². The molecule has 252 valence electrons. The standard InChI is InChI=1S/C36H51N3O7/c1-11-24-19-16-20-26(21-24)29(30(41)37-27(32(43)45-34(3,4)5)22-25-17-14-13-15-18-25)39(36(9,10)12-2)31(42)28(23-40)38-33(44)46-35(6,7)8/h11,13-21,27-29,40H,1,12,22-23H2,2-10H3,(H,37,41)(H,38,44). The fourth-order valence-corrected chi connectivity index (χ4v) is 4.69. The van der Waals surface area contributed by atoms with E-state index < -0.39 is 65.4 Å². The van der Waals surface area contributed by atoms with Crippen LogP contribution < -0.4 is 10.6 Å². The number of hydrogen-bond donors (Lipinski definition) is 3. The van der Waals surface area contributed by atoms with Gasteiger partial charge < -0.3 is 30.1 Å². The molecule has 3 amide bonds. The summed E-state index contributed by atoms with van der Waals surface area (Å²) in [6, 6.07) is 12.4. The van der Waals surface area contributed by atoms with E-state index in [9.17, 15) is 24.3 Å². The molecule has 3 unspecified atom stereocenters. The average Bonchev–Trinajstić information content (AvgIpc) is 2.96. The Balaban J connectivity index is 2.69. The third-order valence-electron chi connectivity index (χ3n) is 7.19. The van der Waals surface area contributed by atoms with Gasteiger partial charge in [0.15, 0.2) is 0 Å². The van der Waals surface area contributed by atoms with Gasteiger partial charge in [-0.3, -0.25) is 9.59 Å². The number of nitrogens with one attached hydrogen (secondary N) is 2. The van der Waals surface area contributed by atoms with Crippen LogP contribution in [0.3, 0.4) is 0 Å². The number of esters is 1. The lowest BCUT2D eigenvalue weighted by Gasteiger charge is -2.44. The molecule has 0 heterocycles. The van der Waals surface area contributed by atoms with Gasteiger partial charge in [-0.05, 0) is 84.6 Å². The minimum Gasteiger partial charge on any atom is -0.458 e. The second kappa shape index (κ2) is 15.9. The van der Waals surface area contributed by atoms with Gasteiger partial charge in [0.1, 0.15) is 29.3 Å². The van der Waals surface area contributed by atoms with Crippen molar-refractivity contribution in [1.82, 2.24) is 15.5 Å². The molecule has 10 heteroatoms. The largest absolute Gasteiger partial charge is 0.458 e. The first-order chi connectivity index (χ1) is 21.3. The number of aliphatic hydroxyl groups is 1. The fourth-order valence-electron chi connectivity index (χ4n) is 4.69. The van der Waals surface area contributed by atoms with Gasteiger partial charge in [0.2, 0.25) is 11.8 Å². The van der Waals surface area contributed by atoms with Crippen LogP contribution in [0.15, 0.2) is 61.2 Å². The quantitative estimate of drug-likeness (QED) is 0.252. The van der Waals surface area contributed by atoms with E-state index in [-0.39, 0.29) is 6.42 Å². The third kappa shape index (κ3) is 11.3. The average molecular weight is 638 g/mol. The van der Waals surface area contributed by atoms with Gasteiger partial charge in [0.25, 0.3) is 0 Å². The van der Waals surface area contributed by atoms with E-state index in [1.165, 1.54) is 4.90 Å². The van der Waals surface area contributed by atoms with Crippen molar-refractivity contribution >= 4 is 30.0 Å². The van der Waals surface area contributed by atoms with E-state index in [4.69, 9.17) is 9.47 Å². The van der Waals surface area contributed by atoms with Crippen LogP contribution in [-0.2, 0) is 30.3 Å². The Kier molecular flexibility index (Phi) is 13.1.